The van der Waals surface area contributed by atoms with Crippen LogP contribution in [0.15, 0.2) is 48.7 Å². The first-order valence-corrected chi connectivity index (χ1v) is 12.7. The fourth-order valence-corrected chi connectivity index (χ4v) is 5.52. The molecule has 3 aliphatic rings. The molecule has 0 unspecified atom stereocenters. The lowest BCUT2D eigenvalue weighted by Crippen LogP contribution is -2.51. The molecule has 33 heavy (non-hydrogen) atoms. The number of ether oxygens (including phenoxy) is 1. The summed E-state index contributed by atoms with van der Waals surface area (Å²) in [7, 11) is 0. The summed E-state index contributed by atoms with van der Waals surface area (Å²) in [4.78, 5) is 24.4. The van der Waals surface area contributed by atoms with Gasteiger partial charge in [0.1, 0.15) is 11.9 Å². The molecule has 0 radical (unpaired) electrons. The highest BCUT2D eigenvalue weighted by molar-refractivity contribution is 5.94. The molecule has 176 valence electrons. The number of nitrogens with zero attached hydrogens (tertiary/aromatic N) is 4. The van der Waals surface area contributed by atoms with Crippen LogP contribution < -0.4 is 4.74 Å². The van der Waals surface area contributed by atoms with Crippen molar-refractivity contribution in [1.82, 2.24) is 19.7 Å². The summed E-state index contributed by atoms with van der Waals surface area (Å²) >= 11 is 0. The molecule has 3 fully saturated rings. The lowest BCUT2D eigenvalue weighted by atomic mass is 10.1. The van der Waals surface area contributed by atoms with E-state index in [1.807, 2.05) is 47.5 Å². The van der Waals surface area contributed by atoms with E-state index < -0.39 is 0 Å². The molecule has 1 aliphatic carbocycles. The van der Waals surface area contributed by atoms with Crippen LogP contribution in [-0.2, 0) is 6.54 Å². The number of hydrogen-bond acceptors (Lipinski definition) is 5. The van der Waals surface area contributed by atoms with Crippen molar-refractivity contribution < 1.29 is 9.53 Å². The zero-order chi connectivity index (χ0) is 22.5. The molecular weight excluding hydrogens is 412 g/mol. The Labute approximate surface area is 197 Å². The molecule has 5 rings (SSSR count). The second-order valence-corrected chi connectivity index (χ2v) is 9.71. The van der Waals surface area contributed by atoms with E-state index in [1.165, 1.54) is 25.7 Å². The van der Waals surface area contributed by atoms with Crippen LogP contribution in [0.4, 0.5) is 0 Å². The summed E-state index contributed by atoms with van der Waals surface area (Å²) in [5.74, 6) is 1.01. The number of carbonyl (C=O) groups excluding carboxylic acids is 1. The zero-order valence-electron chi connectivity index (χ0n) is 19.6. The largest absolute Gasteiger partial charge is 0.490 e. The van der Waals surface area contributed by atoms with Gasteiger partial charge in [-0.1, -0.05) is 18.9 Å². The quantitative estimate of drug-likeness (QED) is 0.672. The van der Waals surface area contributed by atoms with Crippen LogP contribution in [0, 0.1) is 0 Å². The molecule has 2 saturated heterocycles. The van der Waals surface area contributed by atoms with E-state index in [0.29, 0.717) is 0 Å². The molecule has 0 N–H and O–H groups in total. The fourth-order valence-electron chi connectivity index (χ4n) is 5.52. The van der Waals surface area contributed by atoms with Gasteiger partial charge in [-0.2, -0.15) is 0 Å². The van der Waals surface area contributed by atoms with E-state index in [4.69, 9.17) is 4.74 Å². The van der Waals surface area contributed by atoms with Gasteiger partial charge in [0.05, 0.1) is 5.69 Å². The first-order chi connectivity index (χ1) is 16.2. The molecule has 1 aromatic heterocycles. The van der Waals surface area contributed by atoms with Gasteiger partial charge in [0.25, 0.3) is 5.91 Å². The van der Waals surface area contributed by atoms with Gasteiger partial charge in [-0.25, -0.2) is 0 Å². The molecule has 0 bridgehead atoms. The maximum atomic E-state index is 13.0. The Bertz CT molecular complexity index is 882. The van der Waals surface area contributed by atoms with E-state index in [-0.39, 0.29) is 12.0 Å². The molecule has 1 aromatic carbocycles. The molecule has 6 nitrogen and oxygen atoms in total. The average molecular weight is 449 g/mol. The predicted octanol–water partition coefficient (Wildman–Crippen LogP) is 3.83. The first kappa shape index (κ1) is 22.4. The SMILES string of the molecule is O=C(c1ccc(OC2CCN(Cc3ccccn3)CC2)cc1)N1CCN(C2CCCC2)CC1. The smallest absolute Gasteiger partial charge is 0.253 e. The Kier molecular flexibility index (Phi) is 7.22. The van der Waals surface area contributed by atoms with Crippen LogP contribution in [-0.4, -0.2) is 77.0 Å². The number of amides is 1. The zero-order valence-corrected chi connectivity index (χ0v) is 19.6. The van der Waals surface area contributed by atoms with Crippen LogP contribution in [0.5, 0.6) is 5.75 Å². The predicted molar refractivity (Wildman–Crippen MR) is 129 cm³/mol. The molecule has 3 heterocycles. The molecule has 1 amide bonds. The lowest BCUT2D eigenvalue weighted by molar-refractivity contribution is 0.0573. The molecule has 2 aliphatic heterocycles. The van der Waals surface area contributed by atoms with Gasteiger partial charge in [0, 0.05) is 63.6 Å². The van der Waals surface area contributed by atoms with Crippen LogP contribution in [0.3, 0.4) is 0 Å². The highest BCUT2D eigenvalue weighted by atomic mass is 16.5. The monoisotopic (exact) mass is 448 g/mol. The summed E-state index contributed by atoms with van der Waals surface area (Å²) in [6.07, 6.45) is 9.51. The minimum absolute atomic E-state index is 0.149. The Morgan fingerprint density at radius 2 is 1.61 bits per heavy atom. The summed E-state index contributed by atoms with van der Waals surface area (Å²) < 4.78 is 6.23. The minimum Gasteiger partial charge on any atom is -0.490 e. The van der Waals surface area contributed by atoms with Crippen LogP contribution in [0.2, 0.25) is 0 Å². The first-order valence-electron chi connectivity index (χ1n) is 12.7. The topological polar surface area (TPSA) is 48.9 Å². The van der Waals surface area contributed by atoms with E-state index in [2.05, 4.69) is 20.9 Å². The summed E-state index contributed by atoms with van der Waals surface area (Å²) in [5.41, 5.74) is 1.89. The van der Waals surface area contributed by atoms with Crippen molar-refractivity contribution in [3.05, 3.63) is 59.9 Å². The van der Waals surface area contributed by atoms with Crippen molar-refractivity contribution in [2.75, 3.05) is 39.3 Å². The number of likely N-dealkylation sites (tertiary alicyclic amines) is 1. The summed E-state index contributed by atoms with van der Waals surface area (Å²) in [6.45, 7) is 6.64. The number of benzene rings is 1. The highest BCUT2D eigenvalue weighted by Crippen LogP contribution is 2.25. The lowest BCUT2D eigenvalue weighted by Gasteiger charge is -2.38. The van der Waals surface area contributed by atoms with Gasteiger partial charge in [0.2, 0.25) is 0 Å². The Morgan fingerprint density at radius 1 is 0.879 bits per heavy atom. The van der Waals surface area contributed by atoms with Gasteiger partial charge in [-0.05, 0) is 62.1 Å². The van der Waals surface area contributed by atoms with E-state index >= 15 is 0 Å². The highest BCUT2D eigenvalue weighted by Gasteiger charge is 2.28. The number of aromatic nitrogens is 1. The maximum Gasteiger partial charge on any atom is 0.253 e. The Hall–Kier alpha value is -2.44. The normalized spacial score (nSPS) is 21.4. The second-order valence-electron chi connectivity index (χ2n) is 9.71. The number of piperazine rings is 1. The van der Waals surface area contributed by atoms with Gasteiger partial charge < -0.3 is 9.64 Å². The van der Waals surface area contributed by atoms with Crippen molar-refractivity contribution >= 4 is 5.91 Å². The van der Waals surface area contributed by atoms with Crippen molar-refractivity contribution in [3.8, 4) is 5.75 Å². The third kappa shape index (κ3) is 5.74. The molecule has 0 atom stereocenters. The van der Waals surface area contributed by atoms with Gasteiger partial charge in [-0.15, -0.1) is 0 Å². The van der Waals surface area contributed by atoms with Crippen LogP contribution in [0.1, 0.15) is 54.6 Å². The standard InChI is InChI=1S/C27H36N4O2/c32-27(31-19-17-30(18-20-31)24-6-1-2-7-24)22-8-10-25(11-9-22)33-26-12-15-29(16-13-26)21-23-5-3-4-14-28-23/h3-5,8-11,14,24,26H,1-2,6-7,12-13,15-21H2. The van der Waals surface area contributed by atoms with Gasteiger partial charge in [-0.3, -0.25) is 19.6 Å². The van der Waals surface area contributed by atoms with Gasteiger partial charge in [0.15, 0.2) is 0 Å². The number of pyridine rings is 1. The third-order valence-electron chi connectivity index (χ3n) is 7.49. The minimum atomic E-state index is 0.149. The van der Waals surface area contributed by atoms with Gasteiger partial charge >= 0.3 is 0 Å². The maximum absolute atomic E-state index is 13.0. The summed E-state index contributed by atoms with van der Waals surface area (Å²) in [5, 5.41) is 0. The number of rotatable bonds is 6. The van der Waals surface area contributed by atoms with Crippen molar-refractivity contribution in [1.29, 1.82) is 0 Å². The molecule has 2 aromatic rings. The average Bonchev–Trinajstić information content (AvgIpc) is 3.41. The van der Waals surface area contributed by atoms with Crippen molar-refractivity contribution in [2.45, 2.75) is 57.2 Å². The third-order valence-corrected chi connectivity index (χ3v) is 7.49. The van der Waals surface area contributed by atoms with E-state index in [9.17, 15) is 4.79 Å². The number of piperidine rings is 1. The number of carbonyl (C=O) groups is 1. The molecule has 1 saturated carbocycles. The van der Waals surface area contributed by atoms with Crippen LogP contribution in [0.25, 0.3) is 0 Å². The number of hydrogen-bond donors (Lipinski definition) is 0. The van der Waals surface area contributed by atoms with Crippen LogP contribution >= 0.6 is 0 Å². The second kappa shape index (κ2) is 10.7. The Balaban J connectivity index is 1.07. The molecule has 0 spiro atoms. The Morgan fingerprint density at radius 3 is 2.27 bits per heavy atom. The summed E-state index contributed by atoms with van der Waals surface area (Å²) in [6, 6.07) is 14.6. The fraction of sp³-hybridized carbons (Fsp3) is 0.556. The molecular formula is C27H36N4O2. The van der Waals surface area contributed by atoms with Crippen molar-refractivity contribution in [3.63, 3.8) is 0 Å². The van der Waals surface area contributed by atoms with E-state index in [0.717, 1.165) is 81.7 Å². The molecule has 6 heteroatoms. The van der Waals surface area contributed by atoms with E-state index in [1.54, 1.807) is 0 Å². The van der Waals surface area contributed by atoms with Crippen molar-refractivity contribution in [2.24, 2.45) is 0 Å².